The van der Waals surface area contributed by atoms with Gasteiger partial charge >= 0.3 is 0 Å². The Morgan fingerprint density at radius 2 is 1.88 bits per heavy atom. The molecular weight excluding hydrogens is 388 g/mol. The van der Waals surface area contributed by atoms with Crippen LogP contribution in [0.1, 0.15) is 20.9 Å². The number of aromatic nitrogens is 2. The molecule has 5 nitrogen and oxygen atoms in total. The highest BCUT2D eigenvalue weighted by molar-refractivity contribution is 9.10. The van der Waals surface area contributed by atoms with Crippen LogP contribution >= 0.6 is 27.3 Å². The van der Waals surface area contributed by atoms with Gasteiger partial charge in [-0.1, -0.05) is 27.3 Å². The van der Waals surface area contributed by atoms with Gasteiger partial charge in [0.05, 0.1) is 5.69 Å². The number of aryl methyl sites for hydroxylation is 1. The number of nitrogens with one attached hydrogen (secondary N) is 2. The third kappa shape index (κ3) is 4.18. The van der Waals surface area contributed by atoms with Crippen LogP contribution in [0.5, 0.6) is 0 Å². The van der Waals surface area contributed by atoms with Gasteiger partial charge in [0, 0.05) is 29.1 Å². The van der Waals surface area contributed by atoms with E-state index in [0.29, 0.717) is 22.2 Å². The van der Waals surface area contributed by atoms with Gasteiger partial charge < -0.3 is 10.6 Å². The standard InChI is InChI=1S/C17H15BrN4OS/c1-11-15(16(23)20-10-12-6-8-19-9-7-12)24-17(21-11)22-14-4-2-13(18)3-5-14/h2-9H,10H2,1H3,(H,20,23)(H,21,22). The van der Waals surface area contributed by atoms with Gasteiger partial charge in [-0.2, -0.15) is 0 Å². The summed E-state index contributed by atoms with van der Waals surface area (Å²) in [6.45, 7) is 2.30. The van der Waals surface area contributed by atoms with Crippen LogP contribution in [-0.2, 0) is 6.54 Å². The Balaban J connectivity index is 1.66. The minimum absolute atomic E-state index is 0.120. The van der Waals surface area contributed by atoms with Crippen LogP contribution in [0, 0.1) is 6.92 Å². The summed E-state index contributed by atoms with van der Waals surface area (Å²) < 4.78 is 1.01. The van der Waals surface area contributed by atoms with E-state index in [2.05, 4.69) is 36.5 Å². The van der Waals surface area contributed by atoms with E-state index in [1.54, 1.807) is 12.4 Å². The van der Waals surface area contributed by atoms with Gasteiger partial charge in [0.2, 0.25) is 0 Å². The topological polar surface area (TPSA) is 66.9 Å². The number of rotatable bonds is 5. The molecule has 1 amide bonds. The van der Waals surface area contributed by atoms with E-state index in [9.17, 15) is 4.79 Å². The lowest BCUT2D eigenvalue weighted by atomic mass is 10.2. The van der Waals surface area contributed by atoms with Crippen molar-refractivity contribution in [2.75, 3.05) is 5.32 Å². The third-order valence-corrected chi connectivity index (χ3v) is 4.90. The van der Waals surface area contributed by atoms with Gasteiger partial charge in [-0.25, -0.2) is 4.98 Å². The first-order valence-electron chi connectivity index (χ1n) is 7.29. The second-order valence-electron chi connectivity index (χ2n) is 5.10. The number of hydrogen-bond acceptors (Lipinski definition) is 5. The molecule has 2 heterocycles. The van der Waals surface area contributed by atoms with Crippen molar-refractivity contribution in [3.63, 3.8) is 0 Å². The van der Waals surface area contributed by atoms with E-state index >= 15 is 0 Å². The molecule has 0 atom stereocenters. The first kappa shape index (κ1) is 16.6. The van der Waals surface area contributed by atoms with E-state index < -0.39 is 0 Å². The predicted octanol–water partition coefficient (Wildman–Crippen LogP) is 4.28. The summed E-state index contributed by atoms with van der Waals surface area (Å²) in [6, 6.07) is 11.5. The van der Waals surface area contributed by atoms with Gasteiger partial charge in [-0.05, 0) is 48.9 Å². The van der Waals surface area contributed by atoms with E-state index in [1.807, 2.05) is 43.3 Å². The molecule has 0 radical (unpaired) electrons. The van der Waals surface area contributed by atoms with Crippen LogP contribution in [0.2, 0.25) is 0 Å². The van der Waals surface area contributed by atoms with Gasteiger partial charge in [0.15, 0.2) is 5.13 Å². The van der Waals surface area contributed by atoms with Crippen molar-refractivity contribution in [2.24, 2.45) is 0 Å². The summed E-state index contributed by atoms with van der Waals surface area (Å²) in [7, 11) is 0. The second kappa shape index (κ2) is 7.55. The van der Waals surface area contributed by atoms with Gasteiger partial charge in [-0.3, -0.25) is 9.78 Å². The van der Waals surface area contributed by atoms with E-state index in [-0.39, 0.29) is 5.91 Å². The van der Waals surface area contributed by atoms with Crippen LogP contribution in [-0.4, -0.2) is 15.9 Å². The van der Waals surface area contributed by atoms with Crippen molar-refractivity contribution in [2.45, 2.75) is 13.5 Å². The Morgan fingerprint density at radius 1 is 1.17 bits per heavy atom. The lowest BCUT2D eigenvalue weighted by Crippen LogP contribution is -2.22. The fourth-order valence-electron chi connectivity index (χ4n) is 2.08. The Bertz CT molecular complexity index is 834. The van der Waals surface area contributed by atoms with E-state index in [0.717, 1.165) is 15.7 Å². The van der Waals surface area contributed by atoms with Crippen molar-refractivity contribution < 1.29 is 4.79 Å². The van der Waals surface area contributed by atoms with Crippen molar-refractivity contribution in [1.29, 1.82) is 0 Å². The molecule has 1 aromatic carbocycles. The molecule has 3 aromatic rings. The number of carbonyl (C=O) groups excluding carboxylic acids is 1. The average Bonchev–Trinajstić information content (AvgIpc) is 2.96. The summed E-state index contributed by atoms with van der Waals surface area (Å²) in [4.78, 5) is 21.4. The average molecular weight is 403 g/mol. The van der Waals surface area contributed by atoms with Gasteiger partial charge in [0.25, 0.3) is 5.91 Å². The van der Waals surface area contributed by atoms with Crippen molar-refractivity contribution in [1.82, 2.24) is 15.3 Å². The fourth-order valence-corrected chi connectivity index (χ4v) is 3.25. The van der Waals surface area contributed by atoms with Gasteiger partial charge in [0.1, 0.15) is 4.88 Å². The molecule has 3 rings (SSSR count). The number of thiazole rings is 1. The van der Waals surface area contributed by atoms with Crippen molar-refractivity contribution in [3.8, 4) is 0 Å². The number of benzene rings is 1. The first-order valence-corrected chi connectivity index (χ1v) is 8.90. The zero-order valence-corrected chi connectivity index (χ0v) is 15.3. The highest BCUT2D eigenvalue weighted by atomic mass is 79.9. The molecule has 0 unspecified atom stereocenters. The van der Waals surface area contributed by atoms with Crippen molar-refractivity contribution in [3.05, 3.63) is 69.4 Å². The molecular formula is C17H15BrN4OS. The van der Waals surface area contributed by atoms with Gasteiger partial charge in [-0.15, -0.1) is 0 Å². The van der Waals surface area contributed by atoms with E-state index in [1.165, 1.54) is 11.3 Å². The number of carbonyl (C=O) groups is 1. The maximum absolute atomic E-state index is 12.4. The zero-order valence-electron chi connectivity index (χ0n) is 12.9. The van der Waals surface area contributed by atoms with Crippen LogP contribution in [0.4, 0.5) is 10.8 Å². The Labute approximate surface area is 152 Å². The molecule has 2 N–H and O–H groups in total. The lowest BCUT2D eigenvalue weighted by Gasteiger charge is -2.03. The summed E-state index contributed by atoms with van der Waals surface area (Å²) in [5, 5.41) is 6.83. The normalized spacial score (nSPS) is 10.4. The zero-order chi connectivity index (χ0) is 16.9. The molecule has 122 valence electrons. The highest BCUT2D eigenvalue weighted by Gasteiger charge is 2.15. The molecule has 0 aliphatic rings. The lowest BCUT2D eigenvalue weighted by molar-refractivity contribution is 0.0954. The Kier molecular flexibility index (Phi) is 5.22. The SMILES string of the molecule is Cc1nc(Nc2ccc(Br)cc2)sc1C(=O)NCc1ccncc1. The number of amides is 1. The molecule has 0 aliphatic carbocycles. The maximum Gasteiger partial charge on any atom is 0.263 e. The Hall–Kier alpha value is -2.25. The van der Waals surface area contributed by atoms with Crippen molar-refractivity contribution >= 4 is 44.0 Å². The summed E-state index contributed by atoms with van der Waals surface area (Å²) >= 11 is 4.75. The van der Waals surface area contributed by atoms with Crippen LogP contribution in [0.25, 0.3) is 0 Å². The molecule has 0 fully saturated rings. The van der Waals surface area contributed by atoms with E-state index in [4.69, 9.17) is 0 Å². The molecule has 24 heavy (non-hydrogen) atoms. The number of anilines is 2. The quantitative estimate of drug-likeness (QED) is 0.667. The molecule has 0 bridgehead atoms. The molecule has 0 aliphatic heterocycles. The monoisotopic (exact) mass is 402 g/mol. The highest BCUT2D eigenvalue weighted by Crippen LogP contribution is 2.26. The minimum Gasteiger partial charge on any atom is -0.347 e. The summed E-state index contributed by atoms with van der Waals surface area (Å²) in [5.74, 6) is -0.120. The fraction of sp³-hybridized carbons (Fsp3) is 0.118. The summed E-state index contributed by atoms with van der Waals surface area (Å²) in [5.41, 5.74) is 2.65. The predicted molar refractivity (Wildman–Crippen MR) is 99.7 cm³/mol. The number of halogens is 1. The molecule has 2 aromatic heterocycles. The first-order chi connectivity index (χ1) is 11.6. The number of nitrogens with zero attached hydrogens (tertiary/aromatic N) is 2. The van der Waals surface area contributed by atoms with Crippen LogP contribution < -0.4 is 10.6 Å². The largest absolute Gasteiger partial charge is 0.347 e. The second-order valence-corrected chi connectivity index (χ2v) is 7.02. The molecule has 0 saturated heterocycles. The maximum atomic E-state index is 12.4. The Morgan fingerprint density at radius 3 is 2.58 bits per heavy atom. The van der Waals surface area contributed by atoms with Crippen LogP contribution in [0.15, 0.2) is 53.3 Å². The molecule has 7 heteroatoms. The molecule has 0 spiro atoms. The summed E-state index contributed by atoms with van der Waals surface area (Å²) in [6.07, 6.45) is 3.42. The smallest absolute Gasteiger partial charge is 0.263 e. The van der Waals surface area contributed by atoms with Crippen LogP contribution in [0.3, 0.4) is 0 Å². The minimum atomic E-state index is -0.120. The number of pyridine rings is 1. The third-order valence-electron chi connectivity index (χ3n) is 3.30. The number of hydrogen-bond donors (Lipinski definition) is 2. The molecule has 0 saturated carbocycles.